The topological polar surface area (TPSA) is 88.9 Å². The summed E-state index contributed by atoms with van der Waals surface area (Å²) in [5.74, 6) is 1.89. The third-order valence-electron chi connectivity index (χ3n) is 6.66. The molecular formula is C24H29N5O3. The fraction of sp³-hybridized carbons (Fsp3) is 0.500. The van der Waals surface area contributed by atoms with Crippen molar-refractivity contribution in [3.8, 4) is 5.75 Å². The van der Waals surface area contributed by atoms with Crippen LogP contribution in [0.4, 0.5) is 5.82 Å². The summed E-state index contributed by atoms with van der Waals surface area (Å²) in [4.78, 5) is 27.8. The van der Waals surface area contributed by atoms with Gasteiger partial charge in [0.15, 0.2) is 0 Å². The van der Waals surface area contributed by atoms with Crippen molar-refractivity contribution in [2.45, 2.75) is 50.8 Å². The quantitative estimate of drug-likeness (QED) is 0.750. The number of hydrogen-bond donors (Lipinski definition) is 1. The summed E-state index contributed by atoms with van der Waals surface area (Å²) in [5, 5.41) is 3.20. The van der Waals surface area contributed by atoms with Gasteiger partial charge in [-0.1, -0.05) is 6.07 Å². The third kappa shape index (κ3) is 4.07. The maximum absolute atomic E-state index is 11.7. The molecule has 1 spiro atoms. The van der Waals surface area contributed by atoms with Crippen molar-refractivity contribution < 1.29 is 14.3 Å². The third-order valence-corrected chi connectivity index (χ3v) is 6.66. The lowest BCUT2D eigenvalue weighted by Crippen LogP contribution is -2.51. The first-order chi connectivity index (χ1) is 15.5. The summed E-state index contributed by atoms with van der Waals surface area (Å²) in [6, 6.07) is 8.13. The molecule has 2 fully saturated rings. The fourth-order valence-electron chi connectivity index (χ4n) is 4.92. The number of carbonyl (C=O) groups excluding carboxylic acids is 1. The second kappa shape index (κ2) is 8.50. The van der Waals surface area contributed by atoms with Crippen molar-refractivity contribution in [2.24, 2.45) is 4.99 Å². The predicted molar refractivity (Wildman–Crippen MR) is 121 cm³/mol. The van der Waals surface area contributed by atoms with Crippen molar-refractivity contribution in [1.29, 1.82) is 0 Å². The van der Waals surface area contributed by atoms with Crippen LogP contribution in [0.1, 0.15) is 49.4 Å². The van der Waals surface area contributed by atoms with E-state index in [0.29, 0.717) is 19.6 Å². The highest BCUT2D eigenvalue weighted by Crippen LogP contribution is 2.33. The van der Waals surface area contributed by atoms with E-state index in [0.717, 1.165) is 60.9 Å². The predicted octanol–water partition coefficient (Wildman–Crippen LogP) is 2.49. The van der Waals surface area contributed by atoms with Crippen LogP contribution in [0.3, 0.4) is 0 Å². The van der Waals surface area contributed by atoms with E-state index in [1.807, 2.05) is 25.1 Å². The van der Waals surface area contributed by atoms with Gasteiger partial charge in [-0.15, -0.1) is 0 Å². The van der Waals surface area contributed by atoms with Gasteiger partial charge in [0.05, 0.1) is 24.6 Å². The molecule has 0 unspecified atom stereocenters. The number of rotatable bonds is 6. The van der Waals surface area contributed by atoms with Gasteiger partial charge in [0.1, 0.15) is 24.0 Å². The van der Waals surface area contributed by atoms with Crippen LogP contribution in [0, 0.1) is 0 Å². The molecule has 8 heteroatoms. The molecule has 5 rings (SSSR count). The smallest absolute Gasteiger partial charge is 0.220 e. The molecule has 1 aromatic heterocycles. The maximum atomic E-state index is 11.7. The summed E-state index contributed by atoms with van der Waals surface area (Å²) >= 11 is 0. The second-order valence-corrected chi connectivity index (χ2v) is 8.94. The molecule has 1 N–H and O–H groups in total. The maximum Gasteiger partial charge on any atom is 0.220 e. The highest BCUT2D eigenvalue weighted by atomic mass is 16.5. The zero-order valence-corrected chi connectivity index (χ0v) is 18.6. The molecule has 1 aromatic carbocycles. The average molecular weight is 436 g/mol. The molecule has 1 amide bonds. The van der Waals surface area contributed by atoms with Crippen LogP contribution in [0.25, 0.3) is 0 Å². The van der Waals surface area contributed by atoms with Gasteiger partial charge in [-0.3, -0.25) is 9.79 Å². The molecule has 1 atom stereocenters. The summed E-state index contributed by atoms with van der Waals surface area (Å²) in [7, 11) is 1.67. The summed E-state index contributed by atoms with van der Waals surface area (Å²) < 4.78 is 11.2. The monoisotopic (exact) mass is 435 g/mol. The Bertz CT molecular complexity index is 1050. The molecule has 2 saturated heterocycles. The van der Waals surface area contributed by atoms with Crippen LogP contribution in [0.5, 0.6) is 5.75 Å². The normalized spacial score (nSPS) is 20.1. The Hall–Kier alpha value is -3.00. The number of hydrogen-bond acceptors (Lipinski definition) is 7. The minimum Gasteiger partial charge on any atom is -0.488 e. The molecule has 168 valence electrons. The van der Waals surface area contributed by atoms with Gasteiger partial charge in [-0.25, -0.2) is 9.97 Å². The minimum absolute atomic E-state index is 0.0196. The summed E-state index contributed by atoms with van der Waals surface area (Å²) in [5.41, 5.74) is 3.91. The number of aromatic nitrogens is 2. The Morgan fingerprint density at radius 3 is 2.78 bits per heavy atom. The molecule has 0 bridgehead atoms. The molecule has 32 heavy (non-hydrogen) atoms. The molecule has 0 aliphatic carbocycles. The van der Waals surface area contributed by atoms with E-state index < -0.39 is 0 Å². The van der Waals surface area contributed by atoms with Gasteiger partial charge in [0.2, 0.25) is 5.91 Å². The largest absolute Gasteiger partial charge is 0.488 e. The fourth-order valence-corrected chi connectivity index (χ4v) is 4.92. The number of nitrogens with zero attached hydrogens (tertiary/aromatic N) is 4. The standard InChI is InChI=1S/C24H29N5O3/c1-16(14-31-2)32-18-4-3-17-13-25-23(19(17)11-18)20-12-21(27-15-26-20)29-9-7-24(8-10-29)6-5-22(30)28-24/h3-4,11-12,15-16H,5-10,13-14H2,1-2H3,(H,28,30)/t16-/m0/s1. The lowest BCUT2D eigenvalue weighted by atomic mass is 9.86. The van der Waals surface area contributed by atoms with E-state index in [1.54, 1.807) is 13.4 Å². The molecule has 2 aromatic rings. The number of carbonyl (C=O) groups is 1. The SMILES string of the molecule is COC[C@H](C)Oc1ccc2c(c1)C(c1cc(N3CCC4(CCC(=O)N4)CC3)ncn1)=NC2. The highest BCUT2D eigenvalue weighted by molar-refractivity contribution is 6.14. The Morgan fingerprint density at radius 2 is 2.03 bits per heavy atom. The van der Waals surface area contributed by atoms with E-state index in [4.69, 9.17) is 14.5 Å². The average Bonchev–Trinajstić information content (AvgIpc) is 3.38. The first kappa shape index (κ1) is 20.9. The Balaban J connectivity index is 1.32. The van der Waals surface area contributed by atoms with Crippen LogP contribution in [-0.2, 0) is 16.1 Å². The van der Waals surface area contributed by atoms with Gasteiger partial charge >= 0.3 is 0 Å². The van der Waals surface area contributed by atoms with Crippen LogP contribution < -0.4 is 15.0 Å². The number of fused-ring (bicyclic) bond motifs is 1. The number of piperidine rings is 1. The Morgan fingerprint density at radius 1 is 1.19 bits per heavy atom. The number of benzene rings is 1. The molecule has 8 nitrogen and oxygen atoms in total. The Labute approximate surface area is 188 Å². The van der Waals surface area contributed by atoms with Crippen molar-refractivity contribution in [2.75, 3.05) is 31.7 Å². The van der Waals surface area contributed by atoms with E-state index in [1.165, 1.54) is 5.56 Å². The van der Waals surface area contributed by atoms with Gasteiger partial charge in [0.25, 0.3) is 0 Å². The van der Waals surface area contributed by atoms with Crippen LogP contribution in [0.15, 0.2) is 35.6 Å². The first-order valence-corrected chi connectivity index (χ1v) is 11.3. The van der Waals surface area contributed by atoms with E-state index in [-0.39, 0.29) is 17.6 Å². The molecule has 4 heterocycles. The van der Waals surface area contributed by atoms with E-state index in [2.05, 4.69) is 26.3 Å². The van der Waals surface area contributed by atoms with Crippen molar-refractivity contribution >= 4 is 17.4 Å². The van der Waals surface area contributed by atoms with Crippen molar-refractivity contribution in [3.63, 3.8) is 0 Å². The second-order valence-electron chi connectivity index (χ2n) is 8.94. The summed E-state index contributed by atoms with van der Waals surface area (Å²) in [6.45, 7) is 4.91. The van der Waals surface area contributed by atoms with Gasteiger partial charge < -0.3 is 19.7 Å². The molecule has 3 aliphatic heterocycles. The number of amides is 1. The lowest BCUT2D eigenvalue weighted by Gasteiger charge is -2.39. The van der Waals surface area contributed by atoms with E-state index >= 15 is 0 Å². The minimum atomic E-state index is -0.0301. The van der Waals surface area contributed by atoms with Crippen molar-refractivity contribution in [1.82, 2.24) is 15.3 Å². The van der Waals surface area contributed by atoms with Gasteiger partial charge in [-0.2, -0.15) is 0 Å². The Kier molecular flexibility index (Phi) is 5.55. The van der Waals surface area contributed by atoms with E-state index in [9.17, 15) is 4.79 Å². The van der Waals surface area contributed by atoms with Crippen molar-refractivity contribution in [3.05, 3.63) is 47.4 Å². The molecular weight excluding hydrogens is 406 g/mol. The molecule has 0 saturated carbocycles. The van der Waals surface area contributed by atoms with Crippen LogP contribution >= 0.6 is 0 Å². The number of anilines is 1. The zero-order valence-electron chi connectivity index (χ0n) is 18.6. The first-order valence-electron chi connectivity index (χ1n) is 11.3. The number of methoxy groups -OCH3 is 1. The highest BCUT2D eigenvalue weighted by Gasteiger charge is 2.40. The number of nitrogens with one attached hydrogen (secondary N) is 1. The van der Waals surface area contributed by atoms with Gasteiger partial charge in [-0.05, 0) is 43.9 Å². The van der Waals surface area contributed by atoms with Crippen LogP contribution in [0.2, 0.25) is 0 Å². The summed E-state index contributed by atoms with van der Waals surface area (Å²) in [6.07, 6.45) is 5.07. The molecule has 3 aliphatic rings. The number of aliphatic imine (C=N–C) groups is 1. The molecule has 0 radical (unpaired) electrons. The number of ether oxygens (including phenoxy) is 2. The lowest BCUT2D eigenvalue weighted by molar-refractivity contribution is -0.119. The van der Waals surface area contributed by atoms with Gasteiger partial charge in [0, 0.05) is 43.8 Å². The zero-order chi connectivity index (χ0) is 22.1. The van der Waals surface area contributed by atoms with Crippen LogP contribution in [-0.4, -0.2) is 60.0 Å².